The van der Waals surface area contributed by atoms with Gasteiger partial charge in [0.25, 0.3) is 17.4 Å². The average molecular weight is 351 g/mol. The van der Waals surface area contributed by atoms with E-state index in [0.29, 0.717) is 10.0 Å². The van der Waals surface area contributed by atoms with E-state index in [0.717, 1.165) is 0 Å². The van der Waals surface area contributed by atoms with Crippen LogP contribution in [-0.2, 0) is 11.3 Å². The Balaban J connectivity index is 1.91. The van der Waals surface area contributed by atoms with Gasteiger partial charge in [0.15, 0.2) is 0 Å². The van der Waals surface area contributed by atoms with E-state index in [4.69, 9.17) is 0 Å². The maximum absolute atomic E-state index is 11.8. The molecule has 0 radical (unpaired) electrons. The summed E-state index contributed by atoms with van der Waals surface area (Å²) in [5.41, 5.74) is 4.48. The van der Waals surface area contributed by atoms with Gasteiger partial charge in [-0.3, -0.25) is 30.2 Å². The largest absolute Gasteiger partial charge is 0.306 e. The van der Waals surface area contributed by atoms with E-state index in [1.165, 1.54) is 29.2 Å². The Labute approximate surface area is 128 Å². The van der Waals surface area contributed by atoms with Gasteiger partial charge in [-0.25, -0.2) is 0 Å². The van der Waals surface area contributed by atoms with Gasteiger partial charge in [0, 0.05) is 29.1 Å². The van der Waals surface area contributed by atoms with E-state index in [2.05, 4.69) is 31.8 Å². The van der Waals surface area contributed by atoms with Crippen LogP contribution in [0.5, 0.6) is 0 Å². The van der Waals surface area contributed by atoms with Crippen LogP contribution in [0, 0.1) is 0 Å². The molecule has 7 nitrogen and oxygen atoms in total. The zero-order valence-electron chi connectivity index (χ0n) is 10.7. The molecule has 108 valence electrons. The molecule has 0 atom stereocenters. The van der Waals surface area contributed by atoms with Gasteiger partial charge in [0.2, 0.25) is 0 Å². The molecular formula is C13H11BrN4O3. The zero-order chi connectivity index (χ0) is 15.2. The summed E-state index contributed by atoms with van der Waals surface area (Å²) in [5.74, 6) is -1.02. The third-order valence-corrected chi connectivity index (χ3v) is 2.93. The van der Waals surface area contributed by atoms with Gasteiger partial charge >= 0.3 is 0 Å². The van der Waals surface area contributed by atoms with E-state index < -0.39 is 11.8 Å². The molecule has 0 aliphatic carbocycles. The fourth-order valence-corrected chi connectivity index (χ4v) is 1.89. The topological polar surface area (TPSA) is 93.1 Å². The number of halogens is 1. The molecule has 21 heavy (non-hydrogen) atoms. The second kappa shape index (κ2) is 6.80. The minimum absolute atomic E-state index is 0.184. The maximum atomic E-state index is 11.8. The summed E-state index contributed by atoms with van der Waals surface area (Å²) in [6.07, 6.45) is 4.40. The second-order valence-electron chi connectivity index (χ2n) is 4.06. The SMILES string of the molecule is O=C(Cn1ccccc1=O)NNC(=O)c1cncc(Br)c1. The van der Waals surface area contributed by atoms with Crippen molar-refractivity contribution < 1.29 is 9.59 Å². The molecule has 0 saturated heterocycles. The number of nitrogens with zero attached hydrogens (tertiary/aromatic N) is 2. The number of pyridine rings is 2. The average Bonchev–Trinajstić information content (AvgIpc) is 2.47. The van der Waals surface area contributed by atoms with E-state index in [9.17, 15) is 14.4 Å². The highest BCUT2D eigenvalue weighted by molar-refractivity contribution is 9.10. The first-order valence-corrected chi connectivity index (χ1v) is 6.71. The summed E-state index contributed by atoms with van der Waals surface area (Å²) in [4.78, 5) is 38.7. The van der Waals surface area contributed by atoms with Crippen molar-refractivity contribution in [2.45, 2.75) is 6.54 Å². The van der Waals surface area contributed by atoms with Crippen LogP contribution < -0.4 is 16.4 Å². The lowest BCUT2D eigenvalue weighted by molar-refractivity contribution is -0.122. The van der Waals surface area contributed by atoms with Gasteiger partial charge < -0.3 is 4.57 Å². The van der Waals surface area contributed by atoms with Gasteiger partial charge in [-0.05, 0) is 28.1 Å². The Morgan fingerprint density at radius 1 is 1.24 bits per heavy atom. The van der Waals surface area contributed by atoms with Crippen molar-refractivity contribution in [3.8, 4) is 0 Å². The number of nitrogens with one attached hydrogen (secondary N) is 2. The Hall–Kier alpha value is -2.48. The van der Waals surface area contributed by atoms with Crippen molar-refractivity contribution in [3.05, 3.63) is 63.2 Å². The maximum Gasteiger partial charge on any atom is 0.271 e. The molecule has 0 unspecified atom stereocenters. The van der Waals surface area contributed by atoms with Crippen molar-refractivity contribution >= 4 is 27.7 Å². The summed E-state index contributed by atoms with van der Waals surface area (Å²) in [5, 5.41) is 0. The van der Waals surface area contributed by atoms with Crippen molar-refractivity contribution in [2.24, 2.45) is 0 Å². The molecule has 2 aromatic heterocycles. The standard InChI is InChI=1S/C13H11BrN4O3/c14-10-5-9(6-15-7-10)13(21)17-16-11(19)8-18-4-2-1-3-12(18)20/h1-7H,8H2,(H,16,19)(H,17,21). The summed E-state index contributed by atoms with van der Waals surface area (Å²) >= 11 is 3.19. The van der Waals surface area contributed by atoms with Gasteiger partial charge in [-0.2, -0.15) is 0 Å². The molecule has 2 heterocycles. The molecule has 0 fully saturated rings. The van der Waals surface area contributed by atoms with Crippen molar-refractivity contribution in [3.63, 3.8) is 0 Å². The first-order chi connectivity index (χ1) is 10.1. The number of hydrogen-bond donors (Lipinski definition) is 2. The number of aromatic nitrogens is 2. The molecule has 2 rings (SSSR count). The Morgan fingerprint density at radius 3 is 2.76 bits per heavy atom. The number of carbonyl (C=O) groups is 2. The van der Waals surface area contributed by atoms with Crippen LogP contribution in [0.1, 0.15) is 10.4 Å². The molecule has 0 bridgehead atoms. The molecule has 0 spiro atoms. The van der Waals surface area contributed by atoms with Crippen molar-refractivity contribution in [1.29, 1.82) is 0 Å². The van der Waals surface area contributed by atoms with Crippen LogP contribution in [0.3, 0.4) is 0 Å². The fourth-order valence-electron chi connectivity index (χ4n) is 1.52. The monoisotopic (exact) mass is 350 g/mol. The lowest BCUT2D eigenvalue weighted by Crippen LogP contribution is -2.44. The van der Waals surface area contributed by atoms with Gasteiger partial charge in [0.1, 0.15) is 6.54 Å². The Bertz CT molecular complexity index is 729. The number of carbonyl (C=O) groups excluding carboxylic acids is 2. The molecule has 2 aromatic rings. The van der Waals surface area contributed by atoms with Crippen LogP contribution in [0.25, 0.3) is 0 Å². The lowest BCUT2D eigenvalue weighted by atomic mass is 10.3. The molecule has 0 aliphatic heterocycles. The minimum Gasteiger partial charge on any atom is -0.306 e. The van der Waals surface area contributed by atoms with Crippen LogP contribution in [-0.4, -0.2) is 21.4 Å². The van der Waals surface area contributed by atoms with Crippen LogP contribution in [0.2, 0.25) is 0 Å². The predicted octanol–water partition coefficient (Wildman–Crippen LogP) is 0.467. The number of rotatable bonds is 3. The molecule has 0 aromatic carbocycles. The zero-order valence-corrected chi connectivity index (χ0v) is 12.3. The summed E-state index contributed by atoms with van der Waals surface area (Å²) in [6.45, 7) is -0.184. The summed E-state index contributed by atoms with van der Waals surface area (Å²) in [6, 6.07) is 6.13. The quantitative estimate of drug-likeness (QED) is 0.786. The van der Waals surface area contributed by atoms with Gasteiger partial charge in [0.05, 0.1) is 5.56 Å². The van der Waals surface area contributed by atoms with Gasteiger partial charge in [-0.1, -0.05) is 6.07 Å². The van der Waals surface area contributed by atoms with E-state index in [1.54, 1.807) is 18.2 Å². The van der Waals surface area contributed by atoms with Crippen LogP contribution in [0.15, 0.2) is 52.1 Å². The first kappa shape index (κ1) is 14.9. The molecule has 2 N–H and O–H groups in total. The molecule has 2 amide bonds. The van der Waals surface area contributed by atoms with Gasteiger partial charge in [-0.15, -0.1) is 0 Å². The van der Waals surface area contributed by atoms with Crippen molar-refractivity contribution in [2.75, 3.05) is 0 Å². The Kier molecular flexibility index (Phi) is 4.83. The lowest BCUT2D eigenvalue weighted by Gasteiger charge is -2.08. The summed E-state index contributed by atoms with van der Waals surface area (Å²) < 4.78 is 1.87. The normalized spacial score (nSPS) is 9.95. The number of amides is 2. The predicted molar refractivity (Wildman–Crippen MR) is 78.2 cm³/mol. The highest BCUT2D eigenvalue weighted by atomic mass is 79.9. The van der Waals surface area contributed by atoms with E-state index in [-0.39, 0.29) is 12.1 Å². The van der Waals surface area contributed by atoms with Crippen LogP contribution >= 0.6 is 15.9 Å². The molecule has 0 aliphatic rings. The Morgan fingerprint density at radius 2 is 2.05 bits per heavy atom. The molecule has 0 saturated carbocycles. The minimum atomic E-state index is -0.514. The fraction of sp³-hybridized carbons (Fsp3) is 0.0769. The van der Waals surface area contributed by atoms with E-state index >= 15 is 0 Å². The first-order valence-electron chi connectivity index (χ1n) is 5.91. The van der Waals surface area contributed by atoms with Crippen LogP contribution in [0.4, 0.5) is 0 Å². The van der Waals surface area contributed by atoms with Crippen molar-refractivity contribution in [1.82, 2.24) is 20.4 Å². The smallest absolute Gasteiger partial charge is 0.271 e. The summed E-state index contributed by atoms with van der Waals surface area (Å²) in [7, 11) is 0. The van der Waals surface area contributed by atoms with E-state index in [1.807, 2.05) is 0 Å². The number of hydrazine groups is 1. The third kappa shape index (κ3) is 4.25. The number of hydrogen-bond acceptors (Lipinski definition) is 4. The molecule has 8 heteroatoms. The second-order valence-corrected chi connectivity index (χ2v) is 4.98. The third-order valence-electron chi connectivity index (χ3n) is 2.50. The highest BCUT2D eigenvalue weighted by Gasteiger charge is 2.08. The molecular weight excluding hydrogens is 340 g/mol. The highest BCUT2D eigenvalue weighted by Crippen LogP contribution is 2.08.